The Morgan fingerprint density at radius 2 is 1.68 bits per heavy atom. The molecule has 4 unspecified atom stereocenters. The zero-order chi connectivity index (χ0) is 42.9. The fourth-order valence-corrected chi connectivity index (χ4v) is 9.84. The molecule has 0 bridgehead atoms. The van der Waals surface area contributed by atoms with Crippen LogP contribution in [0.1, 0.15) is 36.5 Å². The van der Waals surface area contributed by atoms with E-state index in [4.69, 9.17) is 43.0 Å². The highest BCUT2D eigenvalue weighted by Crippen LogP contribution is 2.47. The minimum absolute atomic E-state index is 0.00113. The highest BCUT2D eigenvalue weighted by atomic mass is 32.9. The number of hydrogen-bond acceptors (Lipinski definition) is 16. The Balaban J connectivity index is 1.36. The summed E-state index contributed by atoms with van der Waals surface area (Å²) in [4.78, 5) is 70.4. The fraction of sp³-hybridized carbons (Fsp3) is 0.324. The first kappa shape index (κ1) is 45.0. The van der Waals surface area contributed by atoms with E-state index in [0.29, 0.717) is 64.3 Å². The number of ether oxygens (including phenoxy) is 4. The number of carbonyl (C=O) groups is 3. The Hall–Kier alpha value is -5.05. The van der Waals surface area contributed by atoms with Gasteiger partial charge in [-0.3, -0.25) is 18.5 Å². The molecular weight excluding hydrogens is 857 g/mol. The molecule has 4 atom stereocenters. The van der Waals surface area contributed by atoms with E-state index in [9.17, 15) is 43.2 Å². The number of rotatable bonds is 18. The summed E-state index contributed by atoms with van der Waals surface area (Å²) < 4.78 is 50.0. The molecule has 0 radical (unpaired) electrons. The number of esters is 3. The minimum Gasteiger partial charge on any atom is -0.727 e. The number of morpholine rings is 1. The van der Waals surface area contributed by atoms with Crippen LogP contribution in [0.25, 0.3) is 17.2 Å². The van der Waals surface area contributed by atoms with Crippen molar-refractivity contribution in [3.63, 3.8) is 0 Å². The number of hydrogen-bond donors (Lipinski definition) is 0. The maximum absolute atomic E-state index is 14.6. The number of halogens is 1. The molecule has 22 heteroatoms. The molecule has 314 valence electrons. The molecule has 0 amide bonds. The average molecular weight is 893 g/mol. The van der Waals surface area contributed by atoms with Gasteiger partial charge in [0, 0.05) is 35.0 Å². The molecule has 0 aromatic heterocycles. The van der Waals surface area contributed by atoms with Gasteiger partial charge in [-0.25, -0.2) is 9.18 Å². The van der Waals surface area contributed by atoms with E-state index in [0.717, 1.165) is 5.56 Å². The summed E-state index contributed by atoms with van der Waals surface area (Å²) in [6.07, 6.45) is -1.67. The summed E-state index contributed by atoms with van der Waals surface area (Å²) in [5.74, 6) is -3.98. The van der Waals surface area contributed by atoms with Gasteiger partial charge in [-0.2, -0.15) is 0 Å². The third-order valence-electron chi connectivity index (χ3n) is 8.97. The maximum Gasteiger partial charge on any atom is 0.356 e. The van der Waals surface area contributed by atoms with Gasteiger partial charge in [0.25, 0.3) is 10.2 Å². The van der Waals surface area contributed by atoms with Gasteiger partial charge in [0.15, 0.2) is 0 Å². The molecule has 17 nitrogen and oxygen atoms in total. The third-order valence-corrected chi connectivity index (χ3v) is 14.6. The van der Waals surface area contributed by atoms with Crippen molar-refractivity contribution in [3.8, 4) is 5.75 Å². The predicted octanol–water partition coefficient (Wildman–Crippen LogP) is 4.33. The van der Waals surface area contributed by atoms with Crippen LogP contribution in [0.4, 0.5) is 4.39 Å². The molecule has 1 fully saturated rings. The first-order chi connectivity index (χ1) is 28.0. The monoisotopic (exact) mass is 892 g/mol. The van der Waals surface area contributed by atoms with Crippen LogP contribution in [0.5, 0.6) is 5.75 Å². The van der Waals surface area contributed by atoms with Crippen LogP contribution in [0, 0.1) is 26.0 Å². The van der Waals surface area contributed by atoms with Crippen molar-refractivity contribution in [3.05, 3.63) is 115 Å². The molecule has 1 heterocycles. The highest BCUT2D eigenvalue weighted by molar-refractivity contribution is 8.56. The van der Waals surface area contributed by atoms with Crippen molar-refractivity contribution in [2.45, 2.75) is 36.9 Å². The van der Waals surface area contributed by atoms with E-state index in [-0.39, 0.29) is 5.75 Å². The molecule has 3 aromatic carbocycles. The quantitative estimate of drug-likeness (QED) is 0.0434. The Morgan fingerprint density at radius 3 is 2.31 bits per heavy atom. The molecule has 2 aliphatic rings. The molecule has 1 saturated heterocycles. The topological polar surface area (TPSA) is 213 Å². The van der Waals surface area contributed by atoms with Crippen LogP contribution in [0.3, 0.4) is 0 Å². The predicted molar refractivity (Wildman–Crippen MR) is 216 cm³/mol. The van der Waals surface area contributed by atoms with Crippen molar-refractivity contribution >= 4 is 80.7 Å². The number of carbonyl (C=O) groups excluding carboxylic acids is 3. The largest absolute Gasteiger partial charge is 0.727 e. The van der Waals surface area contributed by atoms with Gasteiger partial charge < -0.3 is 40.9 Å². The lowest BCUT2D eigenvalue weighted by Crippen LogP contribution is -2.37. The van der Waals surface area contributed by atoms with E-state index < -0.39 is 88.4 Å². The lowest BCUT2D eigenvalue weighted by atomic mass is 10.0. The Kier molecular flexibility index (Phi) is 15.5. The normalized spacial score (nSPS) is 17.2. The van der Waals surface area contributed by atoms with E-state index in [1.165, 1.54) is 24.3 Å². The summed E-state index contributed by atoms with van der Waals surface area (Å²) in [7, 11) is -1.19. The molecule has 1 aliphatic carbocycles. The van der Waals surface area contributed by atoms with Gasteiger partial charge in [0.05, 0.1) is 26.1 Å². The minimum atomic E-state index is -2.58. The standard InChI is InChI=1S/C37H37FN3O14PS3/c1-23-31(17-24-3-10-29(11-4-24)59(2)49)30-12-5-25(38)18-33(30)32(23)20-36(43)54-34(22-51-35(42)19-27(55-41(47)48)21-52-40(45)46)37(44)53-26-6-8-28(9-7-26)56(57,58)39-13-15-50-16-14-39/h3-12,17-18,27,34H,13-16,19-22H2,1-2H3,(H,57,58)/p-1/b31-17-. The van der Waals surface area contributed by atoms with Gasteiger partial charge in [-0.05, 0) is 88.1 Å². The van der Waals surface area contributed by atoms with Crippen molar-refractivity contribution < 1.29 is 61.8 Å². The first-order valence-corrected chi connectivity index (χ1v) is 22.9. The summed E-state index contributed by atoms with van der Waals surface area (Å²) in [5.41, 5.74) is 3.42. The van der Waals surface area contributed by atoms with Gasteiger partial charge in [-0.1, -0.05) is 35.7 Å². The van der Waals surface area contributed by atoms with Crippen LogP contribution in [-0.2, 0) is 73.1 Å². The van der Waals surface area contributed by atoms with Gasteiger partial charge in [0.2, 0.25) is 6.10 Å². The Bertz CT molecular complexity index is 2230. The maximum atomic E-state index is 14.6. The molecule has 3 aromatic rings. The molecular formula is C37H36FN3O14PS3-. The van der Waals surface area contributed by atoms with E-state index in [1.807, 2.05) is 10.7 Å². The van der Waals surface area contributed by atoms with Gasteiger partial charge in [-0.15, -0.1) is 32.0 Å². The molecule has 1 aliphatic heterocycles. The molecule has 5 rings (SSSR count). The molecule has 0 N–H and O–H groups in total. The highest BCUT2D eigenvalue weighted by Gasteiger charge is 2.32. The van der Waals surface area contributed by atoms with Crippen molar-refractivity contribution in [2.75, 3.05) is 45.8 Å². The summed E-state index contributed by atoms with van der Waals surface area (Å²) >= 11 is 11.6. The third kappa shape index (κ3) is 12.2. The summed E-state index contributed by atoms with van der Waals surface area (Å²) in [5, 5.41) is 17.0. The van der Waals surface area contributed by atoms with Gasteiger partial charge in [0.1, 0.15) is 30.9 Å². The van der Waals surface area contributed by atoms with Crippen molar-refractivity contribution in [2.24, 2.45) is 0 Å². The van der Waals surface area contributed by atoms with E-state index >= 15 is 0 Å². The lowest BCUT2D eigenvalue weighted by Gasteiger charge is -2.43. The zero-order valence-electron chi connectivity index (χ0n) is 31.3. The Labute approximate surface area is 349 Å². The van der Waals surface area contributed by atoms with Gasteiger partial charge >= 0.3 is 17.9 Å². The first-order valence-electron chi connectivity index (χ1n) is 17.6. The Morgan fingerprint density at radius 1 is 1.00 bits per heavy atom. The molecule has 59 heavy (non-hydrogen) atoms. The SMILES string of the molecule is CC1=C(CC(=O)OC(COC(=O)CC(CO[N+](=O)[O-])O[N+](=O)[O-])C(=O)Oc2ccc(P(=S)([S-])N3CCOCC3)cc2)c2cc(F)ccc2/C1=C\c1ccc(S(C)=O)cc1. The second kappa shape index (κ2) is 20.3. The smallest absolute Gasteiger partial charge is 0.356 e. The van der Waals surface area contributed by atoms with E-state index in [1.54, 1.807) is 55.6 Å². The van der Waals surface area contributed by atoms with Crippen LogP contribution in [-0.4, -0.2) is 94.9 Å². The van der Waals surface area contributed by atoms with Crippen LogP contribution < -0.4 is 10.0 Å². The average Bonchev–Trinajstić information content (AvgIpc) is 3.44. The second-order valence-corrected chi connectivity index (χ2v) is 20.3. The van der Waals surface area contributed by atoms with Crippen LogP contribution in [0.15, 0.2) is 77.2 Å². The lowest BCUT2D eigenvalue weighted by molar-refractivity contribution is -0.789. The number of nitrogens with zero attached hydrogens (tertiary/aromatic N) is 3. The number of allylic oxidation sites excluding steroid dienone is 2. The second-order valence-electron chi connectivity index (χ2n) is 12.9. The summed E-state index contributed by atoms with van der Waals surface area (Å²) in [6, 6.07) is 17.2. The van der Waals surface area contributed by atoms with Crippen molar-refractivity contribution in [1.29, 1.82) is 0 Å². The van der Waals surface area contributed by atoms with Crippen LogP contribution >= 0.6 is 5.39 Å². The zero-order valence-corrected chi connectivity index (χ0v) is 34.7. The molecule has 0 spiro atoms. The van der Waals surface area contributed by atoms with Crippen LogP contribution in [0.2, 0.25) is 0 Å². The number of fused-ring (bicyclic) bond motifs is 1. The molecule has 0 saturated carbocycles. The number of benzene rings is 3. The van der Waals surface area contributed by atoms with E-state index in [2.05, 4.69) is 9.68 Å². The van der Waals surface area contributed by atoms with Crippen molar-refractivity contribution in [1.82, 2.24) is 4.67 Å². The fourth-order valence-electron chi connectivity index (χ4n) is 6.07. The summed E-state index contributed by atoms with van der Waals surface area (Å²) in [6.45, 7) is 1.89.